The lowest BCUT2D eigenvalue weighted by Gasteiger charge is -2.29. The van der Waals surface area contributed by atoms with E-state index in [4.69, 9.17) is 4.74 Å². The number of rotatable bonds is 7. The molecule has 0 atom stereocenters. The van der Waals surface area contributed by atoms with Crippen LogP contribution in [0.2, 0.25) is 0 Å². The van der Waals surface area contributed by atoms with Gasteiger partial charge in [0, 0.05) is 28.8 Å². The van der Waals surface area contributed by atoms with Crippen LogP contribution in [0.25, 0.3) is 5.76 Å². The Balaban J connectivity index is 1.53. The predicted molar refractivity (Wildman–Crippen MR) is 141 cm³/mol. The zero-order valence-electron chi connectivity index (χ0n) is 21.3. The van der Waals surface area contributed by atoms with Gasteiger partial charge in [-0.25, -0.2) is 4.79 Å². The Hall–Kier alpha value is -2.53. The summed E-state index contributed by atoms with van der Waals surface area (Å²) in [5.41, 5.74) is 2.60. The molecule has 2 N–H and O–H groups in total. The fourth-order valence-corrected chi connectivity index (χ4v) is 7.50. The minimum Gasteiger partial charge on any atom is -0.494 e. The van der Waals surface area contributed by atoms with Crippen LogP contribution in [-0.2, 0) is 48.1 Å². The van der Waals surface area contributed by atoms with E-state index in [0.29, 0.717) is 52.1 Å². The van der Waals surface area contributed by atoms with Crippen LogP contribution in [0.4, 0.5) is 23.0 Å². The van der Waals surface area contributed by atoms with Gasteiger partial charge >= 0.3 is 12.2 Å². The number of ether oxygens (including phenoxy) is 1. The Kier molecular flexibility index (Phi) is 8.23. The standard InChI is InChI=1S/C26H32F3N3O3S2/c1-5-35-15(4)21-17-8-6-7-9-19(17)37-23(21)31-25(34)30-12-18-16-10-11-32(24(33)14(2)3)13-20(16)36-22(18)26(27,28)29/h14H,4-13H2,1-3H3,(H2,30,31,34). The van der Waals surface area contributed by atoms with Crippen molar-refractivity contribution in [3.05, 3.63) is 43.5 Å². The Morgan fingerprint density at radius 1 is 1.11 bits per heavy atom. The molecule has 2 aliphatic rings. The Bertz CT molecular complexity index is 1200. The van der Waals surface area contributed by atoms with Crippen LogP contribution in [0, 0.1) is 5.92 Å². The van der Waals surface area contributed by atoms with Gasteiger partial charge in [0.2, 0.25) is 5.91 Å². The van der Waals surface area contributed by atoms with Crippen molar-refractivity contribution >= 4 is 45.4 Å². The van der Waals surface area contributed by atoms with Crippen LogP contribution < -0.4 is 10.6 Å². The Morgan fingerprint density at radius 2 is 1.84 bits per heavy atom. The van der Waals surface area contributed by atoms with Crippen molar-refractivity contribution in [3.8, 4) is 0 Å². The molecule has 0 fully saturated rings. The fourth-order valence-electron chi connectivity index (χ4n) is 4.95. The number of carbonyl (C=O) groups excluding carboxylic acids is 2. The van der Waals surface area contributed by atoms with Crippen LogP contribution in [0.15, 0.2) is 6.58 Å². The van der Waals surface area contributed by atoms with E-state index in [1.165, 1.54) is 16.2 Å². The zero-order valence-corrected chi connectivity index (χ0v) is 22.9. The van der Waals surface area contributed by atoms with Crippen molar-refractivity contribution in [1.82, 2.24) is 10.2 Å². The van der Waals surface area contributed by atoms with Gasteiger partial charge in [0.1, 0.15) is 15.6 Å². The van der Waals surface area contributed by atoms with Crippen LogP contribution in [0.1, 0.15) is 70.5 Å². The first-order valence-electron chi connectivity index (χ1n) is 12.5. The van der Waals surface area contributed by atoms with Crippen molar-refractivity contribution < 1.29 is 27.5 Å². The number of carbonyl (C=O) groups is 2. The molecule has 37 heavy (non-hydrogen) atoms. The highest BCUT2D eigenvalue weighted by atomic mass is 32.1. The average molecular weight is 556 g/mol. The highest BCUT2D eigenvalue weighted by Crippen LogP contribution is 2.44. The first-order valence-corrected chi connectivity index (χ1v) is 14.1. The normalized spacial score (nSPS) is 15.3. The number of anilines is 1. The van der Waals surface area contributed by atoms with Gasteiger partial charge in [-0.3, -0.25) is 10.1 Å². The van der Waals surface area contributed by atoms with E-state index >= 15 is 0 Å². The van der Waals surface area contributed by atoms with E-state index in [1.54, 1.807) is 18.7 Å². The summed E-state index contributed by atoms with van der Waals surface area (Å²) in [6.07, 6.45) is -0.299. The minimum absolute atomic E-state index is 0.0743. The summed E-state index contributed by atoms with van der Waals surface area (Å²) >= 11 is 2.15. The quantitative estimate of drug-likeness (QED) is 0.380. The molecular weight excluding hydrogens is 523 g/mol. The molecule has 1 aliphatic carbocycles. The largest absolute Gasteiger partial charge is 0.494 e. The number of halogens is 3. The second kappa shape index (κ2) is 11.1. The average Bonchev–Trinajstić information content (AvgIpc) is 3.39. The number of urea groups is 1. The number of nitrogens with zero attached hydrogens (tertiary/aromatic N) is 1. The Morgan fingerprint density at radius 3 is 2.51 bits per heavy atom. The third-order valence-electron chi connectivity index (χ3n) is 6.65. The predicted octanol–water partition coefficient (Wildman–Crippen LogP) is 6.58. The van der Waals surface area contributed by atoms with Crippen molar-refractivity contribution in [2.75, 3.05) is 18.5 Å². The first-order chi connectivity index (χ1) is 17.5. The number of alkyl halides is 3. The van der Waals surface area contributed by atoms with Gasteiger partial charge in [0.05, 0.1) is 18.7 Å². The highest BCUT2D eigenvalue weighted by Gasteiger charge is 2.39. The highest BCUT2D eigenvalue weighted by molar-refractivity contribution is 7.16. The molecule has 2 aromatic heterocycles. The molecule has 4 rings (SSSR count). The number of aryl methyl sites for hydroxylation is 1. The fraction of sp³-hybridized carbons (Fsp3) is 0.538. The second-order valence-electron chi connectivity index (χ2n) is 9.55. The van der Waals surface area contributed by atoms with E-state index < -0.39 is 17.1 Å². The lowest BCUT2D eigenvalue weighted by Crippen LogP contribution is -2.38. The van der Waals surface area contributed by atoms with Gasteiger partial charge in [-0.05, 0) is 55.7 Å². The topological polar surface area (TPSA) is 70.7 Å². The molecular formula is C26H32F3N3O3S2. The monoisotopic (exact) mass is 555 g/mol. The van der Waals surface area contributed by atoms with Gasteiger partial charge in [0.15, 0.2) is 0 Å². The summed E-state index contributed by atoms with van der Waals surface area (Å²) < 4.78 is 47.4. The number of fused-ring (bicyclic) bond motifs is 2. The van der Waals surface area contributed by atoms with E-state index in [2.05, 4.69) is 17.2 Å². The number of amides is 3. The molecule has 6 nitrogen and oxygen atoms in total. The first kappa shape index (κ1) is 27.5. The molecule has 1 aliphatic heterocycles. The molecule has 0 bridgehead atoms. The maximum atomic E-state index is 13.9. The van der Waals surface area contributed by atoms with Crippen LogP contribution in [0.5, 0.6) is 0 Å². The van der Waals surface area contributed by atoms with E-state index in [0.717, 1.165) is 36.8 Å². The summed E-state index contributed by atoms with van der Waals surface area (Å²) in [5.74, 6) is 0.193. The SMILES string of the molecule is C=C(OCC)c1c(NC(=O)NCc2c(C(F)(F)F)sc3c2CCN(C(=O)C(C)C)C3)sc2c1CCCC2. The molecule has 202 valence electrons. The maximum absolute atomic E-state index is 13.9. The van der Waals surface area contributed by atoms with E-state index in [-0.39, 0.29) is 30.5 Å². The molecule has 11 heteroatoms. The van der Waals surface area contributed by atoms with Gasteiger partial charge in [-0.1, -0.05) is 20.4 Å². The Labute approximate surface area is 222 Å². The molecule has 0 radical (unpaired) electrons. The van der Waals surface area contributed by atoms with Gasteiger partial charge in [-0.2, -0.15) is 13.2 Å². The van der Waals surface area contributed by atoms with E-state index in [9.17, 15) is 22.8 Å². The summed E-state index contributed by atoms with van der Waals surface area (Å²) in [6, 6.07) is -0.579. The van der Waals surface area contributed by atoms with Crippen LogP contribution in [-0.4, -0.2) is 30.0 Å². The zero-order chi connectivity index (χ0) is 26.9. The van der Waals surface area contributed by atoms with Crippen molar-refractivity contribution in [2.24, 2.45) is 5.92 Å². The number of thiophene rings is 2. The van der Waals surface area contributed by atoms with Crippen LogP contribution >= 0.6 is 22.7 Å². The maximum Gasteiger partial charge on any atom is 0.425 e. The molecule has 3 heterocycles. The molecule has 3 amide bonds. The summed E-state index contributed by atoms with van der Waals surface area (Å²) in [5, 5.41) is 6.08. The van der Waals surface area contributed by atoms with E-state index in [1.807, 2.05) is 6.92 Å². The lowest BCUT2D eigenvalue weighted by atomic mass is 9.95. The van der Waals surface area contributed by atoms with Gasteiger partial charge in [-0.15, -0.1) is 22.7 Å². The van der Waals surface area contributed by atoms with Crippen LogP contribution in [0.3, 0.4) is 0 Å². The molecule has 0 unspecified atom stereocenters. The molecule has 0 saturated heterocycles. The lowest BCUT2D eigenvalue weighted by molar-refractivity contribution is -0.136. The molecule has 2 aromatic rings. The van der Waals surface area contributed by atoms with Crippen molar-refractivity contribution in [2.45, 2.75) is 72.1 Å². The molecule has 0 aromatic carbocycles. The number of hydrogen-bond donors (Lipinski definition) is 2. The number of nitrogens with one attached hydrogen (secondary N) is 2. The third-order valence-corrected chi connectivity index (χ3v) is 9.16. The number of hydrogen-bond acceptors (Lipinski definition) is 5. The van der Waals surface area contributed by atoms with Gasteiger partial charge in [0.25, 0.3) is 0 Å². The smallest absolute Gasteiger partial charge is 0.425 e. The third kappa shape index (κ3) is 5.82. The minimum atomic E-state index is -4.54. The molecule has 0 saturated carbocycles. The summed E-state index contributed by atoms with van der Waals surface area (Å²) in [7, 11) is 0. The summed E-state index contributed by atoms with van der Waals surface area (Å²) in [6.45, 7) is 10.2. The van der Waals surface area contributed by atoms with Crippen molar-refractivity contribution in [1.29, 1.82) is 0 Å². The second-order valence-corrected chi connectivity index (χ2v) is 11.8. The molecule has 0 spiro atoms. The summed E-state index contributed by atoms with van der Waals surface area (Å²) in [4.78, 5) is 27.9. The van der Waals surface area contributed by atoms with Crippen molar-refractivity contribution in [3.63, 3.8) is 0 Å². The van der Waals surface area contributed by atoms with Gasteiger partial charge < -0.3 is 15.0 Å².